The number of ether oxygens (including phenoxy) is 1. The Labute approximate surface area is 113 Å². The highest BCUT2D eigenvalue weighted by Gasteiger charge is 2.33. The van der Waals surface area contributed by atoms with Crippen LogP contribution < -0.4 is 5.32 Å². The number of carboxylic acids is 1. The fourth-order valence-electron chi connectivity index (χ4n) is 3.03. The van der Waals surface area contributed by atoms with Gasteiger partial charge >= 0.3 is 5.97 Å². The Bertz CT molecular complexity index is 319. The van der Waals surface area contributed by atoms with E-state index in [1.807, 2.05) is 0 Å². The molecule has 0 aromatic rings. The molecule has 19 heavy (non-hydrogen) atoms. The van der Waals surface area contributed by atoms with Crippen LogP contribution in [0.5, 0.6) is 0 Å². The second-order valence-corrected chi connectivity index (χ2v) is 5.60. The van der Waals surface area contributed by atoms with Gasteiger partial charge in [-0.15, -0.1) is 0 Å². The monoisotopic (exact) mass is 269 g/mol. The average Bonchev–Trinajstić information content (AvgIpc) is 2.90. The third-order valence-electron chi connectivity index (χ3n) is 4.11. The van der Waals surface area contributed by atoms with E-state index in [-0.39, 0.29) is 24.5 Å². The highest BCUT2D eigenvalue weighted by atomic mass is 16.5. The number of carbonyl (C=O) groups is 2. The molecule has 108 valence electrons. The molecule has 0 aromatic heterocycles. The quantitative estimate of drug-likeness (QED) is 0.796. The van der Waals surface area contributed by atoms with Crippen LogP contribution in [-0.2, 0) is 14.3 Å². The van der Waals surface area contributed by atoms with Gasteiger partial charge in [-0.25, -0.2) is 0 Å². The second kappa shape index (κ2) is 6.89. The molecule has 2 atom stereocenters. The molecule has 2 fully saturated rings. The largest absolute Gasteiger partial charge is 0.481 e. The van der Waals surface area contributed by atoms with Crippen LogP contribution in [0.25, 0.3) is 0 Å². The first kappa shape index (κ1) is 14.3. The van der Waals surface area contributed by atoms with Crippen LogP contribution in [-0.4, -0.2) is 35.7 Å². The molecule has 1 saturated heterocycles. The minimum atomic E-state index is -0.925. The van der Waals surface area contributed by atoms with E-state index < -0.39 is 11.9 Å². The Hall–Kier alpha value is -1.10. The van der Waals surface area contributed by atoms with Crippen molar-refractivity contribution in [2.45, 2.75) is 63.5 Å². The van der Waals surface area contributed by atoms with Crippen molar-refractivity contribution in [3.8, 4) is 0 Å². The molecular weight excluding hydrogens is 246 g/mol. The molecule has 1 aliphatic carbocycles. The summed E-state index contributed by atoms with van der Waals surface area (Å²) in [7, 11) is 0. The Balaban J connectivity index is 1.82. The lowest BCUT2D eigenvalue weighted by molar-refractivity contribution is -0.149. The fourth-order valence-corrected chi connectivity index (χ4v) is 3.03. The third kappa shape index (κ3) is 4.20. The molecule has 2 N–H and O–H groups in total. The summed E-state index contributed by atoms with van der Waals surface area (Å²) in [5.41, 5.74) is 0. The molecule has 0 bridgehead atoms. The van der Waals surface area contributed by atoms with E-state index in [9.17, 15) is 14.7 Å². The molecule has 2 rings (SSSR count). The van der Waals surface area contributed by atoms with Crippen LogP contribution in [0.1, 0.15) is 51.4 Å². The third-order valence-corrected chi connectivity index (χ3v) is 4.11. The van der Waals surface area contributed by atoms with E-state index in [0.29, 0.717) is 6.61 Å². The van der Waals surface area contributed by atoms with Gasteiger partial charge < -0.3 is 15.2 Å². The van der Waals surface area contributed by atoms with Gasteiger partial charge in [-0.3, -0.25) is 9.59 Å². The van der Waals surface area contributed by atoms with Gasteiger partial charge in [0.25, 0.3) is 0 Å². The van der Waals surface area contributed by atoms with E-state index in [4.69, 9.17) is 4.74 Å². The van der Waals surface area contributed by atoms with Crippen molar-refractivity contribution in [2.24, 2.45) is 5.92 Å². The van der Waals surface area contributed by atoms with Gasteiger partial charge in [0.1, 0.15) is 0 Å². The summed E-state index contributed by atoms with van der Waals surface area (Å²) >= 11 is 0. The van der Waals surface area contributed by atoms with Crippen molar-refractivity contribution in [1.29, 1.82) is 0 Å². The van der Waals surface area contributed by atoms with Crippen molar-refractivity contribution in [3.63, 3.8) is 0 Å². The number of carboxylic acid groups (broad SMARTS) is 1. The van der Waals surface area contributed by atoms with Crippen LogP contribution in [0.2, 0.25) is 0 Å². The summed E-state index contributed by atoms with van der Waals surface area (Å²) in [4.78, 5) is 23.2. The first-order chi connectivity index (χ1) is 9.16. The van der Waals surface area contributed by atoms with Crippen molar-refractivity contribution in [2.75, 3.05) is 6.61 Å². The van der Waals surface area contributed by atoms with Gasteiger partial charge in [-0.2, -0.15) is 0 Å². The maximum Gasteiger partial charge on any atom is 0.309 e. The first-order valence-electron chi connectivity index (χ1n) is 7.30. The fraction of sp³-hybridized carbons (Fsp3) is 0.857. The molecule has 5 nitrogen and oxygen atoms in total. The van der Waals surface area contributed by atoms with Crippen molar-refractivity contribution in [3.05, 3.63) is 0 Å². The Morgan fingerprint density at radius 3 is 2.47 bits per heavy atom. The highest BCUT2D eigenvalue weighted by molar-refractivity contribution is 5.82. The predicted octanol–water partition coefficient (Wildman–Crippen LogP) is 1.71. The Morgan fingerprint density at radius 1 is 1.16 bits per heavy atom. The van der Waals surface area contributed by atoms with Crippen molar-refractivity contribution < 1.29 is 19.4 Å². The molecule has 0 spiro atoms. The van der Waals surface area contributed by atoms with Crippen LogP contribution in [0.15, 0.2) is 0 Å². The summed E-state index contributed by atoms with van der Waals surface area (Å²) in [5, 5.41) is 12.2. The molecule has 5 heteroatoms. The number of hydrogen-bond acceptors (Lipinski definition) is 3. The molecule has 1 saturated carbocycles. The lowest BCUT2D eigenvalue weighted by Gasteiger charge is -2.24. The zero-order valence-corrected chi connectivity index (χ0v) is 11.3. The van der Waals surface area contributed by atoms with Crippen molar-refractivity contribution in [1.82, 2.24) is 5.32 Å². The molecule has 2 aliphatic rings. The van der Waals surface area contributed by atoms with Gasteiger partial charge in [-0.1, -0.05) is 19.3 Å². The minimum absolute atomic E-state index is 0.0382. The highest BCUT2D eigenvalue weighted by Crippen LogP contribution is 2.24. The van der Waals surface area contributed by atoms with Crippen LogP contribution in [0.3, 0.4) is 0 Å². The number of hydrogen-bond donors (Lipinski definition) is 2. The van der Waals surface area contributed by atoms with Crippen molar-refractivity contribution >= 4 is 11.9 Å². The minimum Gasteiger partial charge on any atom is -0.481 e. The van der Waals surface area contributed by atoms with Crippen LogP contribution in [0, 0.1) is 5.92 Å². The molecule has 2 unspecified atom stereocenters. The zero-order chi connectivity index (χ0) is 13.7. The SMILES string of the molecule is O=C(CC(C(=O)O)C1CCCO1)NC1CCCCC1. The number of carbonyl (C=O) groups excluding carboxylic acids is 1. The lowest BCUT2D eigenvalue weighted by atomic mass is 9.93. The van der Waals surface area contributed by atoms with Gasteiger partial charge in [-0.05, 0) is 25.7 Å². The summed E-state index contributed by atoms with van der Waals surface area (Å²) in [6.07, 6.45) is 6.95. The smallest absolute Gasteiger partial charge is 0.309 e. The molecule has 1 amide bonds. The summed E-state index contributed by atoms with van der Waals surface area (Å²) in [6.45, 7) is 0.610. The van der Waals surface area contributed by atoms with Crippen LogP contribution in [0.4, 0.5) is 0 Å². The standard InChI is InChI=1S/C14H23NO4/c16-13(15-10-5-2-1-3-6-10)9-11(14(17)18)12-7-4-8-19-12/h10-12H,1-9H2,(H,15,16)(H,17,18). The number of nitrogens with one attached hydrogen (secondary N) is 1. The maximum absolute atomic E-state index is 12.0. The lowest BCUT2D eigenvalue weighted by Crippen LogP contribution is -2.40. The maximum atomic E-state index is 12.0. The van der Waals surface area contributed by atoms with Gasteiger partial charge in [0.05, 0.1) is 12.0 Å². The summed E-state index contributed by atoms with van der Waals surface area (Å²) in [5.74, 6) is -1.77. The van der Waals surface area contributed by atoms with E-state index in [2.05, 4.69) is 5.32 Å². The number of amides is 1. The van der Waals surface area contributed by atoms with E-state index in [1.54, 1.807) is 0 Å². The molecule has 0 aromatic carbocycles. The Kier molecular flexibility index (Phi) is 5.19. The topological polar surface area (TPSA) is 75.6 Å². The molecule has 0 radical (unpaired) electrons. The first-order valence-corrected chi connectivity index (χ1v) is 7.30. The summed E-state index contributed by atoms with van der Waals surface area (Å²) in [6, 6.07) is 0.236. The average molecular weight is 269 g/mol. The number of aliphatic carboxylic acids is 1. The second-order valence-electron chi connectivity index (χ2n) is 5.60. The van der Waals surface area contributed by atoms with E-state index >= 15 is 0 Å². The zero-order valence-electron chi connectivity index (χ0n) is 11.3. The Morgan fingerprint density at radius 2 is 1.89 bits per heavy atom. The normalized spacial score (nSPS) is 26.0. The number of rotatable bonds is 5. The molecule has 1 heterocycles. The van der Waals surface area contributed by atoms with E-state index in [1.165, 1.54) is 6.42 Å². The van der Waals surface area contributed by atoms with Gasteiger partial charge in [0, 0.05) is 19.1 Å². The predicted molar refractivity (Wildman–Crippen MR) is 69.7 cm³/mol. The van der Waals surface area contributed by atoms with Crippen LogP contribution >= 0.6 is 0 Å². The summed E-state index contributed by atoms with van der Waals surface area (Å²) < 4.78 is 5.41. The molecule has 1 aliphatic heterocycles. The van der Waals surface area contributed by atoms with Gasteiger partial charge in [0.15, 0.2) is 0 Å². The molecular formula is C14H23NO4. The van der Waals surface area contributed by atoms with E-state index in [0.717, 1.165) is 38.5 Å². The van der Waals surface area contributed by atoms with Gasteiger partial charge in [0.2, 0.25) is 5.91 Å².